The number of hydrogen-bond donors (Lipinski definition) is 2. The number of carbonyl (C=O) groups is 1. The van der Waals surface area contributed by atoms with Gasteiger partial charge in [0.05, 0.1) is 6.61 Å². The lowest BCUT2D eigenvalue weighted by molar-refractivity contribution is -0.122. The smallest absolute Gasteiger partial charge is 0.220 e. The molecule has 1 unspecified atom stereocenters. The SMILES string of the molecule is C[C@@H](CO)NC(=O)CC(c1ccc2c(c1)OCCO2)C1CC1. The van der Waals surface area contributed by atoms with Gasteiger partial charge in [-0.2, -0.15) is 0 Å². The number of aliphatic hydroxyl groups excluding tert-OH is 1. The van der Waals surface area contributed by atoms with E-state index in [0.29, 0.717) is 25.6 Å². The van der Waals surface area contributed by atoms with Crippen LogP contribution in [0.4, 0.5) is 0 Å². The van der Waals surface area contributed by atoms with Crippen LogP contribution in [0.15, 0.2) is 18.2 Å². The first-order valence-electron chi connectivity index (χ1n) is 7.97. The zero-order chi connectivity index (χ0) is 15.5. The Morgan fingerprint density at radius 3 is 2.73 bits per heavy atom. The van der Waals surface area contributed by atoms with Crippen molar-refractivity contribution in [1.82, 2.24) is 5.32 Å². The van der Waals surface area contributed by atoms with Gasteiger partial charge in [-0.3, -0.25) is 4.79 Å². The second-order valence-corrected chi connectivity index (χ2v) is 6.20. The van der Waals surface area contributed by atoms with Gasteiger partial charge in [0.15, 0.2) is 11.5 Å². The van der Waals surface area contributed by atoms with Crippen molar-refractivity contribution in [2.45, 2.75) is 38.1 Å². The summed E-state index contributed by atoms with van der Waals surface area (Å²) in [5.74, 6) is 2.33. The number of amides is 1. The lowest BCUT2D eigenvalue weighted by atomic mass is 9.90. The van der Waals surface area contributed by atoms with E-state index in [4.69, 9.17) is 14.6 Å². The van der Waals surface area contributed by atoms with Crippen LogP contribution in [0.2, 0.25) is 0 Å². The maximum atomic E-state index is 12.1. The molecule has 1 aliphatic heterocycles. The molecule has 0 radical (unpaired) electrons. The number of nitrogens with one attached hydrogen (secondary N) is 1. The molecular weight excluding hydrogens is 282 g/mol. The number of carbonyl (C=O) groups excluding carboxylic acids is 1. The number of ether oxygens (including phenoxy) is 2. The summed E-state index contributed by atoms with van der Waals surface area (Å²) in [4.78, 5) is 12.1. The molecule has 2 N–H and O–H groups in total. The third-order valence-electron chi connectivity index (χ3n) is 4.27. The monoisotopic (exact) mass is 305 g/mol. The van der Waals surface area contributed by atoms with Crippen LogP contribution in [0.5, 0.6) is 11.5 Å². The fraction of sp³-hybridized carbons (Fsp3) is 0.588. The van der Waals surface area contributed by atoms with Gasteiger partial charge in [0.25, 0.3) is 0 Å². The van der Waals surface area contributed by atoms with Crippen molar-refractivity contribution < 1.29 is 19.4 Å². The highest BCUT2D eigenvalue weighted by molar-refractivity contribution is 5.77. The molecule has 0 saturated heterocycles. The van der Waals surface area contributed by atoms with Gasteiger partial charge in [0.2, 0.25) is 5.91 Å². The number of rotatable bonds is 6. The molecule has 0 spiro atoms. The largest absolute Gasteiger partial charge is 0.486 e. The quantitative estimate of drug-likeness (QED) is 0.841. The first-order valence-corrected chi connectivity index (χ1v) is 7.97. The Hall–Kier alpha value is -1.75. The van der Waals surface area contributed by atoms with E-state index in [0.717, 1.165) is 17.1 Å². The van der Waals surface area contributed by atoms with Crippen molar-refractivity contribution in [2.75, 3.05) is 19.8 Å². The van der Waals surface area contributed by atoms with E-state index in [-0.39, 0.29) is 24.5 Å². The zero-order valence-electron chi connectivity index (χ0n) is 12.9. The fourth-order valence-electron chi connectivity index (χ4n) is 2.92. The van der Waals surface area contributed by atoms with Crippen LogP contribution < -0.4 is 14.8 Å². The summed E-state index contributed by atoms with van der Waals surface area (Å²) in [5.41, 5.74) is 1.14. The van der Waals surface area contributed by atoms with E-state index in [9.17, 15) is 4.79 Å². The van der Waals surface area contributed by atoms with Gasteiger partial charge in [-0.15, -0.1) is 0 Å². The first-order chi connectivity index (χ1) is 10.7. The molecule has 120 valence electrons. The lowest BCUT2D eigenvalue weighted by Gasteiger charge is -2.22. The standard InChI is InChI=1S/C17H23NO4/c1-11(10-19)18-17(20)9-14(12-2-3-12)13-4-5-15-16(8-13)22-7-6-21-15/h4-5,8,11-12,14,19H,2-3,6-7,9-10H2,1H3,(H,18,20)/t11-,14?/m0/s1. The molecule has 1 aromatic rings. The predicted molar refractivity (Wildman–Crippen MR) is 82.2 cm³/mol. The molecule has 2 atom stereocenters. The summed E-state index contributed by atoms with van der Waals surface area (Å²) < 4.78 is 11.2. The van der Waals surface area contributed by atoms with E-state index >= 15 is 0 Å². The Morgan fingerprint density at radius 1 is 1.32 bits per heavy atom. The summed E-state index contributed by atoms with van der Waals surface area (Å²) in [6.07, 6.45) is 2.79. The Kier molecular flexibility index (Phi) is 4.52. The molecule has 1 heterocycles. The summed E-state index contributed by atoms with van der Waals surface area (Å²) in [5, 5.41) is 11.9. The van der Waals surface area contributed by atoms with Crippen molar-refractivity contribution in [3.8, 4) is 11.5 Å². The van der Waals surface area contributed by atoms with Crippen molar-refractivity contribution >= 4 is 5.91 Å². The van der Waals surface area contributed by atoms with E-state index < -0.39 is 0 Å². The van der Waals surface area contributed by atoms with Gasteiger partial charge in [-0.05, 0) is 49.3 Å². The number of hydrogen-bond acceptors (Lipinski definition) is 4. The Bertz CT molecular complexity index is 541. The van der Waals surface area contributed by atoms with E-state index in [1.807, 2.05) is 18.2 Å². The van der Waals surface area contributed by atoms with Crippen LogP contribution in [0.1, 0.15) is 37.7 Å². The van der Waals surface area contributed by atoms with Crippen molar-refractivity contribution in [1.29, 1.82) is 0 Å². The second-order valence-electron chi connectivity index (χ2n) is 6.20. The van der Waals surface area contributed by atoms with Crippen LogP contribution >= 0.6 is 0 Å². The molecule has 1 fully saturated rings. The Labute approximate surface area is 130 Å². The molecule has 22 heavy (non-hydrogen) atoms. The second kappa shape index (κ2) is 6.57. The minimum absolute atomic E-state index is 0.00617. The van der Waals surface area contributed by atoms with Crippen LogP contribution in [0.25, 0.3) is 0 Å². The van der Waals surface area contributed by atoms with Crippen molar-refractivity contribution in [3.63, 3.8) is 0 Å². The minimum Gasteiger partial charge on any atom is -0.486 e. The van der Waals surface area contributed by atoms with Crippen LogP contribution in [0.3, 0.4) is 0 Å². The van der Waals surface area contributed by atoms with Crippen LogP contribution in [-0.2, 0) is 4.79 Å². The topological polar surface area (TPSA) is 67.8 Å². The third-order valence-corrected chi connectivity index (χ3v) is 4.27. The molecule has 1 saturated carbocycles. The minimum atomic E-state index is -0.201. The van der Waals surface area contributed by atoms with Gasteiger partial charge in [-0.25, -0.2) is 0 Å². The van der Waals surface area contributed by atoms with Crippen LogP contribution in [-0.4, -0.2) is 36.9 Å². The molecule has 5 nitrogen and oxygen atoms in total. The van der Waals surface area contributed by atoms with Gasteiger partial charge < -0.3 is 19.9 Å². The van der Waals surface area contributed by atoms with Crippen LogP contribution in [0, 0.1) is 5.92 Å². The summed E-state index contributed by atoms with van der Waals surface area (Å²) in [7, 11) is 0. The van der Waals surface area contributed by atoms with Gasteiger partial charge in [0.1, 0.15) is 13.2 Å². The van der Waals surface area contributed by atoms with Gasteiger partial charge in [-0.1, -0.05) is 6.07 Å². The third kappa shape index (κ3) is 3.53. The fourth-order valence-corrected chi connectivity index (χ4v) is 2.92. The molecule has 1 aromatic carbocycles. The van der Waals surface area contributed by atoms with Gasteiger partial charge in [0, 0.05) is 12.5 Å². The maximum absolute atomic E-state index is 12.1. The highest BCUT2D eigenvalue weighted by Crippen LogP contribution is 2.46. The summed E-state index contributed by atoms with van der Waals surface area (Å²) >= 11 is 0. The summed E-state index contributed by atoms with van der Waals surface area (Å²) in [6, 6.07) is 5.79. The maximum Gasteiger partial charge on any atom is 0.220 e. The average molecular weight is 305 g/mol. The molecule has 1 amide bonds. The number of aliphatic hydroxyl groups is 1. The first kappa shape index (κ1) is 15.2. The molecule has 1 aliphatic carbocycles. The molecule has 2 aliphatic rings. The van der Waals surface area contributed by atoms with E-state index in [1.54, 1.807) is 6.92 Å². The lowest BCUT2D eigenvalue weighted by Crippen LogP contribution is -2.35. The molecule has 0 bridgehead atoms. The van der Waals surface area contributed by atoms with E-state index in [1.165, 1.54) is 12.8 Å². The highest BCUT2D eigenvalue weighted by atomic mass is 16.6. The van der Waals surface area contributed by atoms with E-state index in [2.05, 4.69) is 5.32 Å². The Balaban J connectivity index is 1.72. The number of benzene rings is 1. The van der Waals surface area contributed by atoms with Crippen molar-refractivity contribution in [3.05, 3.63) is 23.8 Å². The molecule has 0 aromatic heterocycles. The average Bonchev–Trinajstić information content (AvgIpc) is 3.36. The van der Waals surface area contributed by atoms with Crippen molar-refractivity contribution in [2.24, 2.45) is 5.92 Å². The molecule has 3 rings (SSSR count). The summed E-state index contributed by atoms with van der Waals surface area (Å²) in [6.45, 7) is 2.91. The number of fused-ring (bicyclic) bond motifs is 1. The highest BCUT2D eigenvalue weighted by Gasteiger charge is 2.34. The molecule has 5 heteroatoms. The van der Waals surface area contributed by atoms with Gasteiger partial charge >= 0.3 is 0 Å². The Morgan fingerprint density at radius 2 is 2.05 bits per heavy atom. The normalized spacial score (nSPS) is 19.4. The predicted octanol–water partition coefficient (Wildman–Crippen LogP) is 1.84. The molecular formula is C17H23NO4. The zero-order valence-corrected chi connectivity index (χ0v) is 12.9.